The number of hydrogen-bond donors (Lipinski definition) is 0. The molecule has 0 aliphatic rings. The number of carbonyl (C=O) groups is 1. The number of pyridine rings is 2. The van der Waals surface area contributed by atoms with Crippen molar-refractivity contribution >= 4 is 12.0 Å². The highest BCUT2D eigenvalue weighted by molar-refractivity contribution is 5.87. The first-order valence-corrected chi connectivity index (χ1v) is 7.58. The Morgan fingerprint density at radius 1 is 0.875 bits per heavy atom. The van der Waals surface area contributed by atoms with Gasteiger partial charge in [-0.05, 0) is 35.9 Å². The number of nitrogens with zero attached hydrogens (tertiary/aromatic N) is 2. The Labute approximate surface area is 140 Å². The molecule has 2 aromatic heterocycles. The fraction of sp³-hybridized carbons (Fsp3) is 0.0500. The van der Waals surface area contributed by atoms with Gasteiger partial charge in [0.25, 0.3) is 0 Å². The van der Waals surface area contributed by atoms with Crippen LogP contribution >= 0.6 is 0 Å². The lowest BCUT2D eigenvalue weighted by Gasteiger charge is -2.16. The Kier molecular flexibility index (Phi) is 5.10. The van der Waals surface area contributed by atoms with Crippen molar-refractivity contribution in [3.63, 3.8) is 0 Å². The quantitative estimate of drug-likeness (QED) is 0.530. The summed E-state index contributed by atoms with van der Waals surface area (Å²) in [6.45, 7) is 0. The van der Waals surface area contributed by atoms with Gasteiger partial charge in [0.1, 0.15) is 0 Å². The van der Waals surface area contributed by atoms with E-state index < -0.39 is 12.1 Å². The standard InChI is InChI=1S/C20H16N2O2/c23-19(13-12-17-10-4-6-14-21-17)24-20(16-8-2-1-3-9-16)18-11-5-7-15-22-18/h1-15,20H/b13-12+. The molecule has 0 N–H and O–H groups in total. The second-order valence-corrected chi connectivity index (χ2v) is 5.07. The van der Waals surface area contributed by atoms with E-state index in [0.29, 0.717) is 11.4 Å². The molecule has 4 heteroatoms. The molecule has 3 aromatic rings. The van der Waals surface area contributed by atoms with Gasteiger partial charge in [0.2, 0.25) is 0 Å². The van der Waals surface area contributed by atoms with Gasteiger partial charge in [0.15, 0.2) is 6.10 Å². The van der Waals surface area contributed by atoms with E-state index in [-0.39, 0.29) is 0 Å². The van der Waals surface area contributed by atoms with Crippen molar-refractivity contribution < 1.29 is 9.53 Å². The van der Waals surface area contributed by atoms with Gasteiger partial charge in [-0.3, -0.25) is 9.97 Å². The summed E-state index contributed by atoms with van der Waals surface area (Å²) in [7, 11) is 0. The molecule has 0 radical (unpaired) electrons. The Morgan fingerprint density at radius 3 is 2.25 bits per heavy atom. The van der Waals surface area contributed by atoms with Crippen molar-refractivity contribution in [3.05, 3.63) is 102 Å². The molecule has 0 spiro atoms. The summed E-state index contributed by atoms with van der Waals surface area (Å²) in [4.78, 5) is 20.7. The summed E-state index contributed by atoms with van der Waals surface area (Å²) in [5.74, 6) is -0.444. The summed E-state index contributed by atoms with van der Waals surface area (Å²) < 4.78 is 5.63. The van der Waals surface area contributed by atoms with Crippen LogP contribution < -0.4 is 0 Å². The number of rotatable bonds is 5. The largest absolute Gasteiger partial charge is 0.448 e. The van der Waals surface area contributed by atoms with Crippen LogP contribution in [0.4, 0.5) is 0 Å². The highest BCUT2D eigenvalue weighted by atomic mass is 16.5. The molecular formula is C20H16N2O2. The van der Waals surface area contributed by atoms with E-state index in [9.17, 15) is 4.79 Å². The highest BCUT2D eigenvalue weighted by Gasteiger charge is 2.18. The fourth-order valence-electron chi connectivity index (χ4n) is 2.24. The van der Waals surface area contributed by atoms with Crippen molar-refractivity contribution in [1.82, 2.24) is 9.97 Å². The van der Waals surface area contributed by atoms with Crippen LogP contribution in [0.2, 0.25) is 0 Å². The van der Waals surface area contributed by atoms with E-state index >= 15 is 0 Å². The number of benzene rings is 1. The van der Waals surface area contributed by atoms with E-state index in [1.165, 1.54) is 6.08 Å². The van der Waals surface area contributed by atoms with E-state index in [1.807, 2.05) is 66.7 Å². The van der Waals surface area contributed by atoms with Gasteiger partial charge in [-0.2, -0.15) is 0 Å². The van der Waals surface area contributed by atoms with Crippen molar-refractivity contribution in [2.75, 3.05) is 0 Å². The lowest BCUT2D eigenvalue weighted by molar-refractivity contribution is -0.141. The number of hydrogen-bond acceptors (Lipinski definition) is 4. The van der Waals surface area contributed by atoms with Gasteiger partial charge in [-0.15, -0.1) is 0 Å². The van der Waals surface area contributed by atoms with Crippen LogP contribution in [0.5, 0.6) is 0 Å². The normalized spacial score (nSPS) is 12.0. The lowest BCUT2D eigenvalue weighted by Crippen LogP contribution is -2.12. The first-order chi connectivity index (χ1) is 11.8. The number of esters is 1. The van der Waals surface area contributed by atoms with Gasteiger partial charge in [-0.25, -0.2) is 4.79 Å². The van der Waals surface area contributed by atoms with Crippen LogP contribution in [-0.4, -0.2) is 15.9 Å². The molecule has 0 aliphatic carbocycles. The molecule has 0 amide bonds. The van der Waals surface area contributed by atoms with E-state index in [0.717, 1.165) is 5.56 Å². The topological polar surface area (TPSA) is 52.1 Å². The summed E-state index contributed by atoms with van der Waals surface area (Å²) in [6, 6.07) is 20.6. The minimum atomic E-state index is -0.548. The maximum absolute atomic E-state index is 12.2. The van der Waals surface area contributed by atoms with Crippen LogP contribution in [0.25, 0.3) is 6.08 Å². The maximum Gasteiger partial charge on any atom is 0.331 e. The van der Waals surface area contributed by atoms with Gasteiger partial charge >= 0.3 is 5.97 Å². The molecule has 0 bridgehead atoms. The SMILES string of the molecule is O=C(/C=C/c1ccccn1)OC(c1ccccc1)c1ccccn1. The zero-order valence-electron chi connectivity index (χ0n) is 12.9. The number of aromatic nitrogens is 2. The fourth-order valence-corrected chi connectivity index (χ4v) is 2.24. The van der Waals surface area contributed by atoms with E-state index in [1.54, 1.807) is 18.5 Å². The van der Waals surface area contributed by atoms with E-state index in [4.69, 9.17) is 4.74 Å². The predicted octanol–water partition coefficient (Wildman–Crippen LogP) is 3.82. The number of ether oxygens (including phenoxy) is 1. The molecule has 0 saturated carbocycles. The van der Waals surface area contributed by atoms with Crippen molar-refractivity contribution in [2.45, 2.75) is 6.10 Å². The van der Waals surface area contributed by atoms with Gasteiger partial charge in [-0.1, -0.05) is 42.5 Å². The average Bonchev–Trinajstić information content (AvgIpc) is 2.67. The van der Waals surface area contributed by atoms with Crippen LogP contribution in [0, 0.1) is 0 Å². The molecule has 3 rings (SSSR count). The molecular weight excluding hydrogens is 300 g/mol. The molecule has 4 nitrogen and oxygen atoms in total. The molecule has 24 heavy (non-hydrogen) atoms. The third-order valence-corrected chi connectivity index (χ3v) is 3.37. The first kappa shape index (κ1) is 15.6. The Bertz CT molecular complexity index is 763. The minimum Gasteiger partial charge on any atom is -0.448 e. The first-order valence-electron chi connectivity index (χ1n) is 7.58. The van der Waals surface area contributed by atoms with Crippen LogP contribution in [0.1, 0.15) is 23.1 Å². The Balaban J connectivity index is 1.80. The van der Waals surface area contributed by atoms with Crippen molar-refractivity contribution in [2.24, 2.45) is 0 Å². The third-order valence-electron chi connectivity index (χ3n) is 3.37. The lowest BCUT2D eigenvalue weighted by atomic mass is 10.1. The molecule has 1 unspecified atom stereocenters. The van der Waals surface area contributed by atoms with Crippen LogP contribution in [-0.2, 0) is 9.53 Å². The van der Waals surface area contributed by atoms with Gasteiger partial charge < -0.3 is 4.74 Å². The van der Waals surface area contributed by atoms with Crippen molar-refractivity contribution in [3.8, 4) is 0 Å². The molecule has 0 saturated heterocycles. The zero-order valence-corrected chi connectivity index (χ0v) is 12.9. The average molecular weight is 316 g/mol. The molecule has 118 valence electrons. The smallest absolute Gasteiger partial charge is 0.331 e. The second kappa shape index (κ2) is 7.83. The summed E-state index contributed by atoms with van der Waals surface area (Å²) in [5, 5.41) is 0. The maximum atomic E-state index is 12.2. The zero-order chi connectivity index (χ0) is 16.6. The predicted molar refractivity (Wildman–Crippen MR) is 91.9 cm³/mol. The summed E-state index contributed by atoms with van der Waals surface area (Å²) in [5.41, 5.74) is 2.25. The molecule has 0 aliphatic heterocycles. The summed E-state index contributed by atoms with van der Waals surface area (Å²) in [6.07, 6.45) is 5.81. The van der Waals surface area contributed by atoms with Gasteiger partial charge in [0, 0.05) is 18.5 Å². The molecule has 0 fully saturated rings. The summed E-state index contributed by atoms with van der Waals surface area (Å²) >= 11 is 0. The minimum absolute atomic E-state index is 0.444. The molecule has 2 heterocycles. The van der Waals surface area contributed by atoms with Gasteiger partial charge in [0.05, 0.1) is 11.4 Å². The Hall–Kier alpha value is -3.27. The Morgan fingerprint density at radius 2 is 1.58 bits per heavy atom. The van der Waals surface area contributed by atoms with Crippen molar-refractivity contribution in [1.29, 1.82) is 0 Å². The molecule has 1 atom stereocenters. The third kappa shape index (κ3) is 4.14. The molecule has 1 aromatic carbocycles. The monoisotopic (exact) mass is 316 g/mol. The van der Waals surface area contributed by atoms with E-state index in [2.05, 4.69) is 9.97 Å². The number of carbonyl (C=O) groups excluding carboxylic acids is 1. The van der Waals surface area contributed by atoms with Crippen LogP contribution in [0.15, 0.2) is 85.2 Å². The highest BCUT2D eigenvalue weighted by Crippen LogP contribution is 2.24. The second-order valence-electron chi connectivity index (χ2n) is 5.07. The van der Waals surface area contributed by atoms with Crippen LogP contribution in [0.3, 0.4) is 0 Å².